The fourth-order valence-corrected chi connectivity index (χ4v) is 1.23. The summed E-state index contributed by atoms with van der Waals surface area (Å²) in [6.45, 7) is 1.74. The highest BCUT2D eigenvalue weighted by Crippen LogP contribution is 2.21. The Morgan fingerprint density at radius 3 is 2.50 bits per heavy atom. The number of rotatable bonds is 3. The van der Waals surface area contributed by atoms with Gasteiger partial charge in [-0.15, -0.1) is 0 Å². The summed E-state index contributed by atoms with van der Waals surface area (Å²) in [5.41, 5.74) is 5.77. The zero-order chi connectivity index (χ0) is 10.7. The van der Waals surface area contributed by atoms with E-state index in [4.69, 9.17) is 5.73 Å². The Morgan fingerprint density at radius 1 is 1.36 bits per heavy atom. The molecule has 1 unspecified atom stereocenters. The lowest BCUT2D eigenvalue weighted by Crippen LogP contribution is -2.18. The first-order chi connectivity index (χ1) is 6.54. The zero-order valence-electron chi connectivity index (χ0n) is 8.18. The van der Waals surface area contributed by atoms with Crippen LogP contribution in [0.2, 0.25) is 0 Å². The van der Waals surface area contributed by atoms with Crippen molar-refractivity contribution < 1.29 is 13.5 Å². The van der Waals surface area contributed by atoms with Gasteiger partial charge in [0, 0.05) is 12.1 Å². The van der Waals surface area contributed by atoms with Gasteiger partial charge in [-0.1, -0.05) is 0 Å². The molecule has 2 nitrogen and oxygen atoms in total. The molecule has 0 saturated carbocycles. The van der Waals surface area contributed by atoms with E-state index in [2.05, 4.69) is 4.74 Å². The monoisotopic (exact) mass is 201 g/mol. The van der Waals surface area contributed by atoms with Crippen LogP contribution >= 0.6 is 0 Å². The van der Waals surface area contributed by atoms with Gasteiger partial charge in [0.1, 0.15) is 5.82 Å². The molecule has 0 aromatic heterocycles. The van der Waals surface area contributed by atoms with Crippen LogP contribution in [0.15, 0.2) is 12.1 Å². The Bertz CT molecular complexity index is 326. The molecule has 0 radical (unpaired) electrons. The Labute approximate surface area is 81.7 Å². The minimum atomic E-state index is -0.565. The highest BCUT2D eigenvalue weighted by atomic mass is 19.1. The van der Waals surface area contributed by atoms with Gasteiger partial charge in [-0.2, -0.15) is 0 Å². The van der Waals surface area contributed by atoms with Gasteiger partial charge in [-0.3, -0.25) is 0 Å². The maximum Gasteiger partial charge on any atom is 0.165 e. The topological polar surface area (TPSA) is 35.2 Å². The minimum Gasteiger partial charge on any atom is -0.494 e. The first-order valence-corrected chi connectivity index (χ1v) is 4.32. The molecule has 2 N–H and O–H groups in total. The molecule has 0 fully saturated rings. The van der Waals surface area contributed by atoms with Crippen molar-refractivity contribution in [3.63, 3.8) is 0 Å². The number of hydrogen-bond donors (Lipinski definition) is 1. The van der Waals surface area contributed by atoms with Crippen LogP contribution in [0.3, 0.4) is 0 Å². The van der Waals surface area contributed by atoms with E-state index in [9.17, 15) is 8.78 Å². The Balaban J connectivity index is 3.02. The smallest absolute Gasteiger partial charge is 0.165 e. The average molecular weight is 201 g/mol. The number of methoxy groups -OCH3 is 1. The van der Waals surface area contributed by atoms with Crippen molar-refractivity contribution in [1.29, 1.82) is 0 Å². The van der Waals surface area contributed by atoms with Crippen molar-refractivity contribution in [3.8, 4) is 5.75 Å². The highest BCUT2D eigenvalue weighted by molar-refractivity contribution is 5.31. The van der Waals surface area contributed by atoms with Crippen molar-refractivity contribution in [3.05, 3.63) is 29.3 Å². The van der Waals surface area contributed by atoms with Crippen LogP contribution in [-0.4, -0.2) is 13.2 Å². The summed E-state index contributed by atoms with van der Waals surface area (Å²) in [7, 11) is 1.29. The van der Waals surface area contributed by atoms with Crippen molar-refractivity contribution in [2.75, 3.05) is 7.11 Å². The number of halogens is 2. The van der Waals surface area contributed by atoms with E-state index in [1.165, 1.54) is 7.11 Å². The van der Waals surface area contributed by atoms with Gasteiger partial charge in [-0.05, 0) is 25.0 Å². The molecule has 1 aromatic rings. The lowest BCUT2D eigenvalue weighted by molar-refractivity contribution is 0.381. The van der Waals surface area contributed by atoms with Gasteiger partial charge < -0.3 is 10.5 Å². The molecule has 0 heterocycles. The molecule has 1 atom stereocenters. The van der Waals surface area contributed by atoms with Gasteiger partial charge in [0.15, 0.2) is 11.6 Å². The van der Waals surface area contributed by atoms with E-state index in [0.29, 0.717) is 6.42 Å². The molecule has 78 valence electrons. The molecule has 0 amide bonds. The number of ether oxygens (including phenoxy) is 1. The van der Waals surface area contributed by atoms with Crippen LogP contribution < -0.4 is 10.5 Å². The predicted molar refractivity (Wildman–Crippen MR) is 50.3 cm³/mol. The molecular formula is C10H13F2NO. The molecule has 0 aliphatic carbocycles. The highest BCUT2D eigenvalue weighted by Gasteiger charge is 2.11. The minimum absolute atomic E-state index is 0.0871. The van der Waals surface area contributed by atoms with E-state index in [1.807, 2.05) is 0 Å². The quantitative estimate of drug-likeness (QED) is 0.810. The maximum absolute atomic E-state index is 13.3. The van der Waals surface area contributed by atoms with Crippen LogP contribution in [0.1, 0.15) is 12.5 Å². The maximum atomic E-state index is 13.3. The molecule has 0 aliphatic heterocycles. The lowest BCUT2D eigenvalue weighted by Gasteiger charge is -2.08. The van der Waals surface area contributed by atoms with Gasteiger partial charge in [0.05, 0.1) is 7.11 Å². The molecule has 1 aromatic carbocycles. The largest absolute Gasteiger partial charge is 0.494 e. The molecule has 0 spiro atoms. The predicted octanol–water partition coefficient (Wildman–Crippen LogP) is 1.86. The molecule has 14 heavy (non-hydrogen) atoms. The van der Waals surface area contributed by atoms with E-state index in [1.54, 1.807) is 6.92 Å². The number of nitrogens with two attached hydrogens (primary N) is 1. The Hall–Kier alpha value is -1.16. The van der Waals surface area contributed by atoms with Crippen molar-refractivity contribution >= 4 is 0 Å². The normalized spacial score (nSPS) is 12.6. The third kappa shape index (κ3) is 2.42. The first-order valence-electron chi connectivity index (χ1n) is 4.32. The SMILES string of the molecule is COc1cc(F)c(CC(C)N)cc1F. The fraction of sp³-hybridized carbons (Fsp3) is 0.400. The van der Waals surface area contributed by atoms with Crippen LogP contribution in [0, 0.1) is 11.6 Å². The summed E-state index contributed by atoms with van der Waals surface area (Å²) >= 11 is 0. The second kappa shape index (κ2) is 4.37. The van der Waals surface area contributed by atoms with Crippen molar-refractivity contribution in [2.24, 2.45) is 5.73 Å². The first kappa shape index (κ1) is 10.9. The second-order valence-electron chi connectivity index (χ2n) is 3.26. The molecule has 0 aliphatic rings. The average Bonchev–Trinajstić information content (AvgIpc) is 2.10. The molecule has 1 rings (SSSR count). The van der Waals surface area contributed by atoms with Gasteiger partial charge in [0.2, 0.25) is 0 Å². The van der Waals surface area contributed by atoms with Crippen LogP contribution in [-0.2, 0) is 6.42 Å². The van der Waals surface area contributed by atoms with Crippen LogP contribution in [0.5, 0.6) is 5.75 Å². The summed E-state index contributed by atoms with van der Waals surface area (Å²) in [6, 6.07) is 1.96. The standard InChI is InChI=1S/C10H13F2NO/c1-6(13)3-7-4-9(12)10(14-2)5-8(7)11/h4-6H,3,13H2,1-2H3. The summed E-state index contributed by atoms with van der Waals surface area (Å²) in [5, 5.41) is 0. The van der Waals surface area contributed by atoms with Gasteiger partial charge in [-0.25, -0.2) is 8.78 Å². The lowest BCUT2D eigenvalue weighted by atomic mass is 10.1. The third-order valence-electron chi connectivity index (χ3n) is 1.86. The molecule has 0 bridgehead atoms. The van der Waals surface area contributed by atoms with E-state index in [0.717, 1.165) is 12.1 Å². The van der Waals surface area contributed by atoms with Gasteiger partial charge >= 0.3 is 0 Å². The van der Waals surface area contributed by atoms with Crippen molar-refractivity contribution in [2.45, 2.75) is 19.4 Å². The summed E-state index contributed by atoms with van der Waals surface area (Å²) in [6.07, 6.45) is 0.312. The molecule has 4 heteroatoms. The van der Waals surface area contributed by atoms with E-state index >= 15 is 0 Å². The Kier molecular flexibility index (Phi) is 3.41. The van der Waals surface area contributed by atoms with Crippen molar-refractivity contribution in [1.82, 2.24) is 0 Å². The summed E-state index contributed by atoms with van der Waals surface area (Å²) in [4.78, 5) is 0. The zero-order valence-corrected chi connectivity index (χ0v) is 8.18. The summed E-state index contributed by atoms with van der Waals surface area (Å²) < 4.78 is 31.1. The summed E-state index contributed by atoms with van der Waals surface area (Å²) in [5.74, 6) is -1.14. The Morgan fingerprint density at radius 2 is 2.00 bits per heavy atom. The molecule has 0 saturated heterocycles. The van der Waals surface area contributed by atoms with Crippen LogP contribution in [0.4, 0.5) is 8.78 Å². The third-order valence-corrected chi connectivity index (χ3v) is 1.86. The van der Waals surface area contributed by atoms with Gasteiger partial charge in [0.25, 0.3) is 0 Å². The molecular weight excluding hydrogens is 188 g/mol. The second-order valence-corrected chi connectivity index (χ2v) is 3.26. The number of hydrogen-bond acceptors (Lipinski definition) is 2. The van der Waals surface area contributed by atoms with Crippen LogP contribution in [0.25, 0.3) is 0 Å². The van der Waals surface area contributed by atoms with E-state index < -0.39 is 11.6 Å². The van der Waals surface area contributed by atoms with E-state index in [-0.39, 0.29) is 17.4 Å². The fourth-order valence-electron chi connectivity index (χ4n) is 1.23. The number of benzene rings is 1.